The molecular weight excluding hydrogens is 450 g/mol. The molecule has 0 N–H and O–H groups in total. The van der Waals surface area contributed by atoms with Gasteiger partial charge in [-0.2, -0.15) is 0 Å². The van der Waals surface area contributed by atoms with Crippen LogP contribution in [0.2, 0.25) is 5.02 Å². The molecule has 0 saturated carbocycles. The summed E-state index contributed by atoms with van der Waals surface area (Å²) in [5.74, 6) is -0.138. The maximum absolute atomic E-state index is 13.5. The van der Waals surface area contributed by atoms with Gasteiger partial charge in [0.25, 0.3) is 5.91 Å². The molecule has 1 saturated heterocycles. The number of thiazole rings is 1. The molecule has 0 bridgehead atoms. The molecule has 1 fully saturated rings. The molecule has 0 unspecified atom stereocenters. The van der Waals surface area contributed by atoms with Gasteiger partial charge in [0.05, 0.1) is 28.7 Å². The molecule has 0 spiro atoms. The van der Waals surface area contributed by atoms with E-state index in [1.807, 2.05) is 12.1 Å². The number of carbonyl (C=O) groups excluding carboxylic acids is 3. The van der Waals surface area contributed by atoms with Crippen LogP contribution in [0.3, 0.4) is 0 Å². The first-order valence-electron chi connectivity index (χ1n) is 9.86. The molecule has 160 valence electrons. The third-order valence-corrected chi connectivity index (χ3v) is 6.41. The van der Waals surface area contributed by atoms with Crippen molar-refractivity contribution in [2.24, 2.45) is 0 Å². The van der Waals surface area contributed by atoms with E-state index in [2.05, 4.69) is 4.98 Å². The number of benzene rings is 2. The molecule has 2 aromatic carbocycles. The molecule has 3 heterocycles. The van der Waals surface area contributed by atoms with E-state index in [-0.39, 0.29) is 37.1 Å². The SMILES string of the molecule is O=C(c1ccc(N2C(=O)CCC2=O)cc1)N(Cc1ccco1)c1nc2ccc(Cl)cc2s1. The van der Waals surface area contributed by atoms with Crippen LogP contribution in [0.1, 0.15) is 29.0 Å². The van der Waals surface area contributed by atoms with Crippen LogP contribution in [-0.2, 0) is 16.1 Å². The molecule has 4 aromatic rings. The lowest BCUT2D eigenvalue weighted by Gasteiger charge is -2.19. The first kappa shape index (κ1) is 20.4. The Balaban J connectivity index is 1.48. The number of fused-ring (bicyclic) bond motifs is 1. The van der Waals surface area contributed by atoms with E-state index in [4.69, 9.17) is 16.0 Å². The standard InChI is InChI=1S/C23H16ClN3O4S/c24-15-5-8-18-19(12-15)32-23(25-18)26(13-17-2-1-11-31-17)22(30)14-3-6-16(7-4-14)27-20(28)9-10-21(27)29/h1-8,11-12H,9-10,13H2. The summed E-state index contributed by atoms with van der Waals surface area (Å²) in [4.78, 5) is 44.7. The van der Waals surface area contributed by atoms with Crippen molar-refractivity contribution >= 4 is 61.7 Å². The highest BCUT2D eigenvalue weighted by atomic mass is 35.5. The van der Waals surface area contributed by atoms with Crippen LogP contribution in [0.4, 0.5) is 10.8 Å². The Morgan fingerprint density at radius 2 is 1.84 bits per heavy atom. The summed E-state index contributed by atoms with van der Waals surface area (Å²) < 4.78 is 6.32. The van der Waals surface area contributed by atoms with Gasteiger partial charge in [0.1, 0.15) is 5.76 Å². The van der Waals surface area contributed by atoms with Crippen molar-refractivity contribution in [2.45, 2.75) is 19.4 Å². The minimum Gasteiger partial charge on any atom is -0.467 e. The summed E-state index contributed by atoms with van der Waals surface area (Å²) in [5, 5.41) is 1.11. The molecule has 1 aliphatic rings. The first-order chi connectivity index (χ1) is 15.5. The topological polar surface area (TPSA) is 83.7 Å². The van der Waals surface area contributed by atoms with Gasteiger partial charge < -0.3 is 4.42 Å². The smallest absolute Gasteiger partial charge is 0.260 e. The maximum Gasteiger partial charge on any atom is 0.260 e. The van der Waals surface area contributed by atoms with Crippen LogP contribution in [-0.4, -0.2) is 22.7 Å². The Kier molecular flexibility index (Phi) is 5.24. The third-order valence-electron chi connectivity index (χ3n) is 5.13. The number of aromatic nitrogens is 1. The first-order valence-corrected chi connectivity index (χ1v) is 11.1. The van der Waals surface area contributed by atoms with Crippen molar-refractivity contribution in [1.29, 1.82) is 0 Å². The Morgan fingerprint density at radius 3 is 2.53 bits per heavy atom. The van der Waals surface area contributed by atoms with Crippen LogP contribution < -0.4 is 9.80 Å². The number of amides is 3. The number of hydrogen-bond acceptors (Lipinski definition) is 6. The predicted octanol–water partition coefficient (Wildman–Crippen LogP) is 5.04. The summed E-state index contributed by atoms with van der Waals surface area (Å²) in [6.45, 7) is 0.199. The number of halogens is 1. The van der Waals surface area contributed by atoms with Crippen LogP contribution in [0, 0.1) is 0 Å². The van der Waals surface area contributed by atoms with Gasteiger partial charge in [-0.3, -0.25) is 24.2 Å². The molecule has 1 aliphatic heterocycles. The fourth-order valence-corrected chi connectivity index (χ4v) is 4.80. The van der Waals surface area contributed by atoms with Crippen molar-refractivity contribution in [3.63, 3.8) is 0 Å². The second-order valence-electron chi connectivity index (χ2n) is 7.25. The van der Waals surface area contributed by atoms with Crippen molar-refractivity contribution in [1.82, 2.24) is 4.98 Å². The highest BCUT2D eigenvalue weighted by Crippen LogP contribution is 2.33. The minimum absolute atomic E-state index is 0.199. The zero-order chi connectivity index (χ0) is 22.2. The Hall–Kier alpha value is -3.49. The molecular formula is C23H16ClN3O4S. The van der Waals surface area contributed by atoms with E-state index in [0.717, 1.165) is 15.1 Å². The van der Waals surface area contributed by atoms with Gasteiger partial charge in [-0.1, -0.05) is 22.9 Å². The number of carbonyl (C=O) groups is 3. The molecule has 0 radical (unpaired) electrons. The molecule has 9 heteroatoms. The largest absolute Gasteiger partial charge is 0.467 e. The number of imide groups is 1. The summed E-state index contributed by atoms with van der Waals surface area (Å²) >= 11 is 7.46. The van der Waals surface area contributed by atoms with Crippen LogP contribution in [0.25, 0.3) is 10.2 Å². The summed E-state index contributed by atoms with van der Waals surface area (Å²) in [5.41, 5.74) is 1.60. The molecule has 2 aromatic heterocycles. The quantitative estimate of drug-likeness (QED) is 0.385. The highest BCUT2D eigenvalue weighted by molar-refractivity contribution is 7.22. The number of furan rings is 1. The lowest BCUT2D eigenvalue weighted by atomic mass is 10.1. The third kappa shape index (κ3) is 3.79. The molecule has 32 heavy (non-hydrogen) atoms. The number of anilines is 2. The van der Waals surface area contributed by atoms with Gasteiger partial charge in [0, 0.05) is 23.4 Å². The zero-order valence-corrected chi connectivity index (χ0v) is 18.2. The molecule has 0 atom stereocenters. The minimum atomic E-state index is -0.280. The van der Waals surface area contributed by atoms with Crippen molar-refractivity contribution in [3.05, 3.63) is 77.2 Å². The number of nitrogens with zero attached hydrogens (tertiary/aromatic N) is 3. The van der Waals surface area contributed by atoms with E-state index in [1.165, 1.54) is 11.3 Å². The lowest BCUT2D eigenvalue weighted by Crippen LogP contribution is -2.31. The highest BCUT2D eigenvalue weighted by Gasteiger charge is 2.30. The summed E-state index contributed by atoms with van der Waals surface area (Å²) in [7, 11) is 0. The predicted molar refractivity (Wildman–Crippen MR) is 122 cm³/mol. The summed E-state index contributed by atoms with van der Waals surface area (Å²) in [6, 6.07) is 15.4. The van der Waals surface area contributed by atoms with Crippen LogP contribution in [0.15, 0.2) is 65.3 Å². The molecule has 5 rings (SSSR count). The van der Waals surface area contributed by atoms with E-state index >= 15 is 0 Å². The number of rotatable bonds is 5. The second-order valence-corrected chi connectivity index (χ2v) is 8.69. The fourth-order valence-electron chi connectivity index (χ4n) is 3.56. The van der Waals surface area contributed by atoms with Gasteiger partial charge in [0.2, 0.25) is 11.8 Å². The lowest BCUT2D eigenvalue weighted by molar-refractivity contribution is -0.121. The van der Waals surface area contributed by atoms with Gasteiger partial charge in [0.15, 0.2) is 5.13 Å². The van der Waals surface area contributed by atoms with E-state index < -0.39 is 0 Å². The second kappa shape index (κ2) is 8.22. The Morgan fingerprint density at radius 1 is 1.09 bits per heavy atom. The maximum atomic E-state index is 13.5. The van der Waals surface area contributed by atoms with Gasteiger partial charge in [-0.15, -0.1) is 0 Å². The van der Waals surface area contributed by atoms with E-state index in [1.54, 1.807) is 53.6 Å². The van der Waals surface area contributed by atoms with Crippen LogP contribution >= 0.6 is 22.9 Å². The molecule has 7 nitrogen and oxygen atoms in total. The van der Waals surface area contributed by atoms with Gasteiger partial charge in [-0.25, -0.2) is 4.98 Å². The Bertz CT molecular complexity index is 1320. The van der Waals surface area contributed by atoms with Gasteiger partial charge >= 0.3 is 0 Å². The molecule has 3 amide bonds. The Labute approximate surface area is 191 Å². The number of hydrogen-bond donors (Lipinski definition) is 0. The fraction of sp³-hybridized carbons (Fsp3) is 0.130. The molecule has 0 aliphatic carbocycles. The van der Waals surface area contributed by atoms with E-state index in [0.29, 0.717) is 27.2 Å². The van der Waals surface area contributed by atoms with E-state index in [9.17, 15) is 14.4 Å². The van der Waals surface area contributed by atoms with Crippen molar-refractivity contribution in [3.8, 4) is 0 Å². The van der Waals surface area contributed by atoms with Crippen LogP contribution in [0.5, 0.6) is 0 Å². The van der Waals surface area contributed by atoms with Crippen molar-refractivity contribution in [2.75, 3.05) is 9.80 Å². The average molecular weight is 466 g/mol. The van der Waals surface area contributed by atoms with Crippen molar-refractivity contribution < 1.29 is 18.8 Å². The summed E-state index contributed by atoms with van der Waals surface area (Å²) in [6.07, 6.45) is 1.96. The normalized spacial score (nSPS) is 13.8. The van der Waals surface area contributed by atoms with Gasteiger partial charge in [-0.05, 0) is 54.6 Å². The monoisotopic (exact) mass is 465 g/mol. The average Bonchev–Trinajstić information content (AvgIpc) is 3.52. The zero-order valence-electron chi connectivity index (χ0n) is 16.7.